The van der Waals surface area contributed by atoms with E-state index < -0.39 is 22.6 Å². The van der Waals surface area contributed by atoms with Crippen molar-refractivity contribution < 1.29 is 22.7 Å². The van der Waals surface area contributed by atoms with Crippen LogP contribution in [-0.2, 0) is 19.6 Å². The van der Waals surface area contributed by atoms with E-state index in [9.17, 15) is 18.0 Å². The number of nitrogens with zero attached hydrogens (tertiary/aromatic N) is 1. The van der Waals surface area contributed by atoms with Crippen molar-refractivity contribution in [1.29, 1.82) is 0 Å². The maximum Gasteiger partial charge on any atom is 0.338 e. The van der Waals surface area contributed by atoms with E-state index in [2.05, 4.69) is 13.8 Å². The van der Waals surface area contributed by atoms with Gasteiger partial charge in [-0.05, 0) is 36.5 Å². The second-order valence-corrected chi connectivity index (χ2v) is 8.45. The third-order valence-corrected chi connectivity index (χ3v) is 5.41. The number of nitrogens with two attached hydrogens (primary N) is 1. The van der Waals surface area contributed by atoms with Gasteiger partial charge in [0.05, 0.1) is 10.6 Å². The minimum atomic E-state index is -4.07. The number of amides is 1. The molecule has 0 unspecified atom stereocenters. The van der Waals surface area contributed by atoms with Gasteiger partial charge in [0, 0.05) is 13.1 Å². The van der Waals surface area contributed by atoms with Gasteiger partial charge in [0.15, 0.2) is 6.61 Å². The van der Waals surface area contributed by atoms with Gasteiger partial charge in [-0.3, -0.25) is 4.79 Å². The second kappa shape index (κ2) is 7.72. The minimum Gasteiger partial charge on any atom is -0.452 e. The topological polar surface area (TPSA) is 107 Å². The molecule has 0 bridgehead atoms. The summed E-state index contributed by atoms with van der Waals surface area (Å²) in [7, 11) is -4.07. The van der Waals surface area contributed by atoms with Gasteiger partial charge < -0.3 is 9.64 Å². The molecule has 0 radical (unpaired) electrons. The van der Waals surface area contributed by atoms with Crippen LogP contribution in [0.3, 0.4) is 0 Å². The van der Waals surface area contributed by atoms with Crippen LogP contribution in [0.5, 0.6) is 0 Å². The zero-order valence-electron chi connectivity index (χ0n) is 14.1. The van der Waals surface area contributed by atoms with Gasteiger partial charge >= 0.3 is 5.97 Å². The molecular weight excluding hydrogens is 368 g/mol. The van der Waals surface area contributed by atoms with E-state index in [4.69, 9.17) is 21.5 Å². The Labute approximate surface area is 152 Å². The Hall–Kier alpha value is -1.64. The van der Waals surface area contributed by atoms with Crippen LogP contribution in [0.2, 0.25) is 5.02 Å². The third-order valence-electron chi connectivity index (χ3n) is 4.02. The highest BCUT2D eigenvalue weighted by molar-refractivity contribution is 7.89. The van der Waals surface area contributed by atoms with Crippen LogP contribution in [0.4, 0.5) is 0 Å². The van der Waals surface area contributed by atoms with Crippen molar-refractivity contribution in [2.45, 2.75) is 25.2 Å². The summed E-state index contributed by atoms with van der Waals surface area (Å²) in [6, 6.07) is 3.60. The molecule has 0 aliphatic carbocycles. The van der Waals surface area contributed by atoms with E-state index in [1.54, 1.807) is 4.90 Å². The number of hydrogen-bond acceptors (Lipinski definition) is 5. The smallest absolute Gasteiger partial charge is 0.338 e. The molecule has 2 atom stereocenters. The van der Waals surface area contributed by atoms with Gasteiger partial charge in [-0.2, -0.15) is 0 Å². The zero-order valence-corrected chi connectivity index (χ0v) is 15.6. The first-order valence-corrected chi connectivity index (χ1v) is 9.77. The van der Waals surface area contributed by atoms with E-state index >= 15 is 0 Å². The molecule has 1 heterocycles. The average Bonchev–Trinajstić information content (AvgIpc) is 2.50. The number of sulfonamides is 1. The van der Waals surface area contributed by atoms with Crippen molar-refractivity contribution in [2.24, 2.45) is 17.0 Å². The number of hydrogen-bond donors (Lipinski definition) is 1. The van der Waals surface area contributed by atoms with Crippen LogP contribution < -0.4 is 5.14 Å². The Kier molecular flexibility index (Phi) is 6.08. The van der Waals surface area contributed by atoms with Crippen molar-refractivity contribution >= 4 is 33.5 Å². The van der Waals surface area contributed by atoms with E-state index in [0.717, 1.165) is 12.5 Å². The lowest BCUT2D eigenvalue weighted by atomic mass is 9.92. The highest BCUT2D eigenvalue weighted by atomic mass is 35.5. The molecule has 0 spiro atoms. The van der Waals surface area contributed by atoms with Crippen molar-refractivity contribution in [2.75, 3.05) is 19.7 Å². The number of carbonyl (C=O) groups is 2. The van der Waals surface area contributed by atoms with E-state index in [1.807, 2.05) is 0 Å². The number of benzene rings is 1. The lowest BCUT2D eigenvalue weighted by Gasteiger charge is -2.34. The van der Waals surface area contributed by atoms with E-state index in [-0.39, 0.29) is 21.4 Å². The van der Waals surface area contributed by atoms with Crippen LogP contribution in [0.15, 0.2) is 23.1 Å². The second-order valence-electron chi connectivity index (χ2n) is 6.51. The van der Waals surface area contributed by atoms with Crippen molar-refractivity contribution in [3.8, 4) is 0 Å². The van der Waals surface area contributed by atoms with E-state index in [1.165, 1.54) is 12.1 Å². The zero-order chi connectivity index (χ0) is 18.8. The number of piperidine rings is 1. The normalized spacial score (nSPS) is 21.0. The third kappa shape index (κ3) is 5.17. The van der Waals surface area contributed by atoms with Crippen LogP contribution in [-0.4, -0.2) is 44.9 Å². The van der Waals surface area contributed by atoms with Gasteiger partial charge in [0.2, 0.25) is 10.0 Å². The summed E-state index contributed by atoms with van der Waals surface area (Å²) in [6.45, 7) is 5.02. The number of primary sulfonamides is 1. The molecule has 1 amide bonds. The van der Waals surface area contributed by atoms with Crippen LogP contribution in [0.25, 0.3) is 0 Å². The van der Waals surface area contributed by atoms with Crippen LogP contribution in [0.1, 0.15) is 30.6 Å². The minimum absolute atomic E-state index is 0.0402. The SMILES string of the molecule is C[C@H]1C[C@H](C)CN(C(=O)COC(=O)c2ccc(Cl)c(S(N)(=O)=O)c2)C1. The summed E-state index contributed by atoms with van der Waals surface area (Å²) in [5.41, 5.74) is -0.0402. The molecule has 0 saturated carbocycles. The molecule has 2 rings (SSSR count). The average molecular weight is 389 g/mol. The molecule has 0 aromatic heterocycles. The van der Waals surface area contributed by atoms with Crippen molar-refractivity contribution in [3.05, 3.63) is 28.8 Å². The van der Waals surface area contributed by atoms with Gasteiger partial charge in [-0.1, -0.05) is 25.4 Å². The van der Waals surface area contributed by atoms with Crippen LogP contribution >= 0.6 is 11.6 Å². The quantitative estimate of drug-likeness (QED) is 0.789. The Morgan fingerprint density at radius 1 is 1.28 bits per heavy atom. The number of esters is 1. The standard InChI is InChI=1S/C16H21ClN2O5S/c1-10-5-11(2)8-19(7-10)15(20)9-24-16(21)12-3-4-13(17)14(6-12)25(18,22)23/h3-4,6,10-11H,5,7-9H2,1-2H3,(H2,18,22,23)/t10-,11-/m0/s1. The molecule has 1 fully saturated rings. The number of likely N-dealkylation sites (tertiary alicyclic amines) is 1. The first-order chi connectivity index (χ1) is 11.6. The van der Waals surface area contributed by atoms with Gasteiger partial charge in [-0.15, -0.1) is 0 Å². The number of rotatable bonds is 4. The fourth-order valence-corrected chi connectivity index (χ4v) is 4.09. The maximum absolute atomic E-state index is 12.2. The number of carbonyl (C=O) groups excluding carboxylic acids is 2. The van der Waals surface area contributed by atoms with Gasteiger partial charge in [0.25, 0.3) is 5.91 Å². The molecule has 1 aromatic rings. The Balaban J connectivity index is 2.02. The molecule has 25 heavy (non-hydrogen) atoms. The van der Waals surface area contributed by atoms with Gasteiger partial charge in [0.1, 0.15) is 4.90 Å². The molecule has 1 saturated heterocycles. The molecule has 9 heteroatoms. The van der Waals surface area contributed by atoms with Crippen molar-refractivity contribution in [1.82, 2.24) is 4.90 Å². The predicted molar refractivity (Wildman–Crippen MR) is 92.6 cm³/mol. The molecule has 2 N–H and O–H groups in total. The van der Waals surface area contributed by atoms with Crippen molar-refractivity contribution in [3.63, 3.8) is 0 Å². The first kappa shape index (κ1) is 19.7. The molecule has 1 aliphatic rings. The molecular formula is C16H21ClN2O5S. The summed E-state index contributed by atoms with van der Waals surface area (Å²) < 4.78 is 27.9. The molecule has 138 valence electrons. The fourth-order valence-electron chi connectivity index (χ4n) is 3.02. The monoisotopic (exact) mass is 388 g/mol. The van der Waals surface area contributed by atoms with Crippen LogP contribution in [0, 0.1) is 11.8 Å². The number of ether oxygens (including phenoxy) is 1. The fraction of sp³-hybridized carbons (Fsp3) is 0.500. The predicted octanol–water partition coefficient (Wildman–Crippen LogP) is 1.65. The van der Waals surface area contributed by atoms with E-state index in [0.29, 0.717) is 24.9 Å². The Morgan fingerprint density at radius 3 is 2.44 bits per heavy atom. The maximum atomic E-state index is 12.2. The molecule has 1 aromatic carbocycles. The lowest BCUT2D eigenvalue weighted by Crippen LogP contribution is -2.44. The lowest BCUT2D eigenvalue weighted by molar-refractivity contribution is -0.137. The highest BCUT2D eigenvalue weighted by Gasteiger charge is 2.26. The van der Waals surface area contributed by atoms with Gasteiger partial charge in [-0.25, -0.2) is 18.4 Å². The molecule has 7 nitrogen and oxygen atoms in total. The summed E-state index contributed by atoms with van der Waals surface area (Å²) >= 11 is 5.77. The summed E-state index contributed by atoms with van der Waals surface area (Å²) in [4.78, 5) is 25.6. The molecule has 1 aliphatic heterocycles. The Bertz CT molecular complexity index is 771. The summed E-state index contributed by atoms with van der Waals surface area (Å²) in [6.07, 6.45) is 1.06. The largest absolute Gasteiger partial charge is 0.452 e. The highest BCUT2D eigenvalue weighted by Crippen LogP contribution is 2.23. The number of halogens is 1. The summed E-state index contributed by atoms with van der Waals surface area (Å²) in [5.74, 6) is -0.283. The summed E-state index contributed by atoms with van der Waals surface area (Å²) in [5, 5.41) is 4.96. The first-order valence-electron chi connectivity index (χ1n) is 7.85. The Morgan fingerprint density at radius 2 is 1.88 bits per heavy atom.